The summed E-state index contributed by atoms with van der Waals surface area (Å²) in [6.45, 7) is 0. The van der Waals surface area contributed by atoms with E-state index in [2.05, 4.69) is 10.4 Å². The molecule has 4 nitrogen and oxygen atoms in total. The third-order valence-corrected chi connectivity index (χ3v) is 3.07. The van der Waals surface area contributed by atoms with Crippen LogP contribution >= 0.6 is 0 Å². The van der Waals surface area contributed by atoms with E-state index in [0.717, 1.165) is 17.8 Å². The zero-order valence-corrected chi connectivity index (χ0v) is 11.3. The van der Waals surface area contributed by atoms with Gasteiger partial charge in [-0.25, -0.2) is 13.5 Å². The predicted octanol–water partition coefficient (Wildman–Crippen LogP) is 3.40. The quantitative estimate of drug-likeness (QED) is 0.805. The van der Waals surface area contributed by atoms with E-state index in [1.807, 2.05) is 30.3 Å². The van der Waals surface area contributed by atoms with Gasteiger partial charge in [-0.1, -0.05) is 24.3 Å². The Labute approximate surface area is 125 Å². The molecule has 1 aromatic heterocycles. The predicted molar refractivity (Wildman–Crippen MR) is 77.9 cm³/mol. The summed E-state index contributed by atoms with van der Waals surface area (Å²) in [5.41, 5.74) is 0.505. The van der Waals surface area contributed by atoms with Crippen LogP contribution < -0.4 is 5.32 Å². The Bertz CT molecular complexity index is 795. The second kappa shape index (κ2) is 5.77. The van der Waals surface area contributed by atoms with E-state index in [1.165, 1.54) is 23.1 Å². The van der Waals surface area contributed by atoms with Gasteiger partial charge >= 0.3 is 0 Å². The minimum Gasteiger partial charge on any atom is -0.317 e. The number of carbonyl (C=O) groups is 1. The molecule has 3 rings (SSSR count). The van der Waals surface area contributed by atoms with Gasteiger partial charge in [0.05, 0.1) is 17.4 Å². The van der Waals surface area contributed by atoms with Crippen LogP contribution in [0.1, 0.15) is 10.4 Å². The highest BCUT2D eigenvalue weighted by Crippen LogP contribution is 2.19. The van der Waals surface area contributed by atoms with E-state index in [-0.39, 0.29) is 5.56 Å². The first kappa shape index (κ1) is 13.9. The summed E-state index contributed by atoms with van der Waals surface area (Å²) in [7, 11) is 0. The fraction of sp³-hybridized carbons (Fsp3) is 0. The number of amides is 1. The first-order valence-corrected chi connectivity index (χ1v) is 6.50. The second-order valence-corrected chi connectivity index (χ2v) is 4.56. The highest BCUT2D eigenvalue weighted by atomic mass is 19.1. The van der Waals surface area contributed by atoms with Crippen LogP contribution in [0.3, 0.4) is 0 Å². The first-order chi connectivity index (χ1) is 10.6. The van der Waals surface area contributed by atoms with Crippen LogP contribution in [-0.4, -0.2) is 15.7 Å². The molecule has 0 fully saturated rings. The third kappa shape index (κ3) is 2.71. The molecule has 0 saturated carbocycles. The molecule has 1 heterocycles. The molecule has 0 aliphatic rings. The topological polar surface area (TPSA) is 46.9 Å². The Morgan fingerprint density at radius 2 is 1.68 bits per heavy atom. The van der Waals surface area contributed by atoms with Gasteiger partial charge in [0, 0.05) is 6.20 Å². The zero-order valence-electron chi connectivity index (χ0n) is 11.3. The van der Waals surface area contributed by atoms with Crippen LogP contribution in [0.25, 0.3) is 5.69 Å². The average Bonchev–Trinajstić information content (AvgIpc) is 3.02. The molecule has 110 valence electrons. The van der Waals surface area contributed by atoms with Crippen LogP contribution in [-0.2, 0) is 0 Å². The summed E-state index contributed by atoms with van der Waals surface area (Å²) >= 11 is 0. The van der Waals surface area contributed by atoms with Crippen molar-refractivity contribution in [2.45, 2.75) is 0 Å². The number of halogens is 2. The van der Waals surface area contributed by atoms with Crippen LogP contribution in [0.2, 0.25) is 0 Å². The molecule has 0 aliphatic carbocycles. The maximum atomic E-state index is 13.5. The molecule has 0 bridgehead atoms. The molecule has 0 radical (unpaired) electrons. The van der Waals surface area contributed by atoms with E-state index < -0.39 is 23.2 Å². The van der Waals surface area contributed by atoms with Crippen molar-refractivity contribution in [1.82, 2.24) is 9.78 Å². The van der Waals surface area contributed by atoms with Gasteiger partial charge in [0.25, 0.3) is 5.91 Å². The van der Waals surface area contributed by atoms with Crippen LogP contribution in [0.4, 0.5) is 14.5 Å². The van der Waals surface area contributed by atoms with E-state index in [9.17, 15) is 13.6 Å². The molecule has 0 aliphatic heterocycles. The molecule has 1 N–H and O–H groups in total. The summed E-state index contributed by atoms with van der Waals surface area (Å²) in [5, 5.41) is 6.28. The van der Waals surface area contributed by atoms with Gasteiger partial charge < -0.3 is 5.32 Å². The normalized spacial score (nSPS) is 10.5. The maximum absolute atomic E-state index is 13.5. The number of nitrogens with zero attached hydrogens (tertiary/aromatic N) is 2. The molecule has 6 heteroatoms. The van der Waals surface area contributed by atoms with E-state index in [0.29, 0.717) is 0 Å². The van der Waals surface area contributed by atoms with Gasteiger partial charge in [0.15, 0.2) is 0 Å². The maximum Gasteiger partial charge on any atom is 0.259 e. The van der Waals surface area contributed by atoms with Crippen molar-refractivity contribution >= 4 is 11.6 Å². The van der Waals surface area contributed by atoms with Gasteiger partial charge in [-0.15, -0.1) is 0 Å². The highest BCUT2D eigenvalue weighted by Gasteiger charge is 2.15. The number of para-hydroxylation sites is 2. The molecule has 0 unspecified atom stereocenters. The molecule has 0 spiro atoms. The number of hydrogen-bond acceptors (Lipinski definition) is 2. The standard InChI is InChI=1S/C16H11F2N3O/c17-13-7-4-8-14(18)15(13)20-16(22)11-9-19-21(10-11)12-5-2-1-3-6-12/h1-10H,(H,20,22). The fourth-order valence-electron chi connectivity index (χ4n) is 1.96. The highest BCUT2D eigenvalue weighted by molar-refractivity contribution is 6.04. The monoisotopic (exact) mass is 299 g/mol. The van der Waals surface area contributed by atoms with E-state index in [1.54, 1.807) is 0 Å². The summed E-state index contributed by atoms with van der Waals surface area (Å²) in [6.07, 6.45) is 2.82. The van der Waals surface area contributed by atoms with Crippen molar-refractivity contribution in [1.29, 1.82) is 0 Å². The smallest absolute Gasteiger partial charge is 0.259 e. The number of carbonyl (C=O) groups excluding carboxylic acids is 1. The lowest BCUT2D eigenvalue weighted by Crippen LogP contribution is -2.13. The first-order valence-electron chi connectivity index (χ1n) is 6.50. The van der Waals surface area contributed by atoms with Crippen molar-refractivity contribution in [3.05, 3.63) is 78.1 Å². The Balaban J connectivity index is 1.83. The average molecular weight is 299 g/mol. The van der Waals surface area contributed by atoms with Gasteiger partial charge in [-0.3, -0.25) is 4.79 Å². The summed E-state index contributed by atoms with van der Waals surface area (Å²) < 4.78 is 28.5. The minimum atomic E-state index is -0.830. The number of hydrogen-bond donors (Lipinski definition) is 1. The Kier molecular flexibility index (Phi) is 3.65. The lowest BCUT2D eigenvalue weighted by atomic mass is 10.2. The summed E-state index contributed by atoms with van der Waals surface area (Å²) in [4.78, 5) is 12.1. The number of rotatable bonds is 3. The zero-order chi connectivity index (χ0) is 15.5. The summed E-state index contributed by atoms with van der Waals surface area (Å²) in [5.74, 6) is -2.29. The number of aromatic nitrogens is 2. The van der Waals surface area contributed by atoms with Crippen molar-refractivity contribution < 1.29 is 13.6 Å². The molecule has 22 heavy (non-hydrogen) atoms. The fourth-order valence-corrected chi connectivity index (χ4v) is 1.96. The Morgan fingerprint density at radius 3 is 2.36 bits per heavy atom. The Morgan fingerprint density at radius 1 is 1.00 bits per heavy atom. The molecule has 0 atom stereocenters. The molecule has 0 saturated heterocycles. The molecular formula is C16H11F2N3O. The molecule has 1 amide bonds. The minimum absolute atomic E-state index is 0.200. The van der Waals surface area contributed by atoms with Crippen molar-refractivity contribution in [3.63, 3.8) is 0 Å². The van der Waals surface area contributed by atoms with Crippen LogP contribution in [0.15, 0.2) is 60.9 Å². The van der Waals surface area contributed by atoms with Gasteiger partial charge in [-0.2, -0.15) is 5.10 Å². The molecular weight excluding hydrogens is 288 g/mol. The largest absolute Gasteiger partial charge is 0.317 e. The van der Waals surface area contributed by atoms with Crippen molar-refractivity contribution in [2.75, 3.05) is 5.32 Å². The molecule has 2 aromatic carbocycles. The lowest BCUT2D eigenvalue weighted by molar-refractivity contribution is 0.102. The SMILES string of the molecule is O=C(Nc1c(F)cccc1F)c1cnn(-c2ccccc2)c1. The van der Waals surface area contributed by atoms with Crippen molar-refractivity contribution in [2.24, 2.45) is 0 Å². The number of nitrogens with one attached hydrogen (secondary N) is 1. The van der Waals surface area contributed by atoms with Crippen molar-refractivity contribution in [3.8, 4) is 5.69 Å². The van der Waals surface area contributed by atoms with Gasteiger partial charge in [0.2, 0.25) is 0 Å². The summed E-state index contributed by atoms with van der Waals surface area (Å²) in [6, 6.07) is 12.6. The third-order valence-electron chi connectivity index (χ3n) is 3.07. The van der Waals surface area contributed by atoms with E-state index >= 15 is 0 Å². The Hall–Kier alpha value is -3.02. The van der Waals surface area contributed by atoms with Crippen LogP contribution in [0, 0.1) is 11.6 Å². The number of anilines is 1. The lowest BCUT2D eigenvalue weighted by Gasteiger charge is -2.05. The number of benzene rings is 2. The van der Waals surface area contributed by atoms with Gasteiger partial charge in [0.1, 0.15) is 17.3 Å². The second-order valence-electron chi connectivity index (χ2n) is 4.56. The van der Waals surface area contributed by atoms with Gasteiger partial charge in [-0.05, 0) is 24.3 Å². The molecule has 3 aromatic rings. The van der Waals surface area contributed by atoms with Crippen LogP contribution in [0.5, 0.6) is 0 Å². The van der Waals surface area contributed by atoms with E-state index in [4.69, 9.17) is 0 Å².